The standard InChI is InChI=1S/C58H41BN2O4/c1-34-8-16-38(17-9-34)60(39-18-10-35(2)11-19-39)42-24-26-44-46-28-30-48-57(55(46)64-52(44)32-42)62-50-6-5-7-51-54(50)59(48)49-31-29-47-45-27-25-43(33-53(45)65-56(47)58(49)63-51)61(40-20-12-36(3)13-21-40)41-22-14-37(4)15-23-41/h5-33H,1-4H3. The van der Waals surface area contributed by atoms with Crippen LogP contribution in [0.25, 0.3) is 43.9 Å². The molecule has 9 aromatic carbocycles. The van der Waals surface area contributed by atoms with Gasteiger partial charge in [0.25, 0.3) is 6.71 Å². The van der Waals surface area contributed by atoms with Crippen molar-refractivity contribution in [2.75, 3.05) is 9.80 Å². The summed E-state index contributed by atoms with van der Waals surface area (Å²) in [6.45, 7) is 8.29. The third kappa shape index (κ3) is 5.89. The summed E-state index contributed by atoms with van der Waals surface area (Å²) in [5, 5.41) is 4.06. The zero-order valence-corrected chi connectivity index (χ0v) is 36.3. The predicted octanol–water partition coefficient (Wildman–Crippen LogP) is 14.4. The fourth-order valence-electron chi connectivity index (χ4n) is 9.94. The molecule has 2 aliphatic heterocycles. The second-order valence-corrected chi connectivity index (χ2v) is 17.6. The van der Waals surface area contributed by atoms with Crippen molar-refractivity contribution in [2.24, 2.45) is 0 Å². The lowest BCUT2D eigenvalue weighted by Gasteiger charge is -2.32. The SMILES string of the molecule is Cc1ccc(N(c2ccc(C)cc2)c2ccc3c(c2)oc2c4c(ccc23)B2c3ccc5c(oc6cc(N(c7ccc(C)cc7)c7ccc(C)cc7)ccc65)c3Oc3cccc(c32)O4)cc1. The second-order valence-electron chi connectivity index (χ2n) is 17.6. The fourth-order valence-corrected chi connectivity index (χ4v) is 9.94. The molecule has 0 aliphatic carbocycles. The minimum Gasteiger partial charge on any atom is -0.454 e. The lowest BCUT2D eigenvalue weighted by Crippen LogP contribution is -2.57. The van der Waals surface area contributed by atoms with E-state index in [9.17, 15) is 0 Å². The Labute approximate surface area is 376 Å². The molecular weight excluding hydrogens is 799 g/mol. The minimum absolute atomic E-state index is 0.174. The summed E-state index contributed by atoms with van der Waals surface area (Å²) in [7, 11) is 0. The number of benzene rings is 9. The lowest BCUT2D eigenvalue weighted by atomic mass is 9.35. The third-order valence-corrected chi connectivity index (χ3v) is 13.3. The first-order valence-corrected chi connectivity index (χ1v) is 22.2. The quantitative estimate of drug-likeness (QED) is 0.155. The van der Waals surface area contributed by atoms with Crippen LogP contribution in [-0.2, 0) is 0 Å². The topological polar surface area (TPSA) is 51.2 Å². The van der Waals surface area contributed by atoms with Gasteiger partial charge in [0.2, 0.25) is 0 Å². The number of nitrogens with zero attached hydrogens (tertiary/aromatic N) is 2. The molecule has 0 spiro atoms. The second kappa shape index (κ2) is 14.2. The molecule has 4 heterocycles. The van der Waals surface area contributed by atoms with Crippen molar-refractivity contribution in [2.45, 2.75) is 27.7 Å². The highest BCUT2D eigenvalue weighted by atomic mass is 16.5. The van der Waals surface area contributed by atoms with Gasteiger partial charge < -0.3 is 28.1 Å². The van der Waals surface area contributed by atoms with Gasteiger partial charge in [-0.05, 0) is 124 Å². The Kier molecular flexibility index (Phi) is 8.16. The maximum Gasteiger partial charge on any atom is 0.261 e. The van der Waals surface area contributed by atoms with E-state index >= 15 is 0 Å². The first-order chi connectivity index (χ1) is 31.8. The maximum atomic E-state index is 6.91. The average Bonchev–Trinajstić information content (AvgIpc) is 3.90. The summed E-state index contributed by atoms with van der Waals surface area (Å²) in [5.41, 5.74) is 17.2. The first kappa shape index (κ1) is 37.4. The summed E-state index contributed by atoms with van der Waals surface area (Å²) in [6.07, 6.45) is 0. The predicted molar refractivity (Wildman–Crippen MR) is 267 cm³/mol. The highest BCUT2D eigenvalue weighted by Crippen LogP contribution is 2.46. The summed E-state index contributed by atoms with van der Waals surface area (Å²) >= 11 is 0. The van der Waals surface area contributed by atoms with Crippen molar-refractivity contribution in [1.29, 1.82) is 0 Å². The number of ether oxygens (including phenoxy) is 2. The zero-order valence-electron chi connectivity index (χ0n) is 36.3. The Morgan fingerprint density at radius 2 is 0.692 bits per heavy atom. The van der Waals surface area contributed by atoms with Gasteiger partial charge in [-0.15, -0.1) is 0 Å². The van der Waals surface area contributed by atoms with Crippen LogP contribution in [0.2, 0.25) is 0 Å². The summed E-state index contributed by atoms with van der Waals surface area (Å²) < 4.78 is 27.5. The molecule has 6 nitrogen and oxygen atoms in total. The molecule has 0 bridgehead atoms. The summed E-state index contributed by atoms with van der Waals surface area (Å²) in [4.78, 5) is 4.55. The number of furan rings is 2. The minimum atomic E-state index is -0.174. The van der Waals surface area contributed by atoms with Crippen LogP contribution in [0.1, 0.15) is 22.3 Å². The van der Waals surface area contributed by atoms with Crippen molar-refractivity contribution in [3.8, 4) is 23.0 Å². The van der Waals surface area contributed by atoms with Crippen LogP contribution in [0.3, 0.4) is 0 Å². The van der Waals surface area contributed by atoms with E-state index in [2.05, 4.69) is 195 Å². The van der Waals surface area contributed by atoms with E-state index in [1.807, 2.05) is 18.2 Å². The average molecular weight is 841 g/mol. The van der Waals surface area contributed by atoms with Crippen molar-refractivity contribution in [3.05, 3.63) is 198 Å². The molecule has 0 N–H and O–H groups in total. The van der Waals surface area contributed by atoms with Crippen LogP contribution >= 0.6 is 0 Å². The van der Waals surface area contributed by atoms with E-state index in [4.69, 9.17) is 18.3 Å². The number of anilines is 6. The molecule has 65 heavy (non-hydrogen) atoms. The highest BCUT2D eigenvalue weighted by molar-refractivity contribution is 6.98. The van der Waals surface area contributed by atoms with Crippen molar-refractivity contribution < 1.29 is 18.3 Å². The Morgan fingerprint density at radius 1 is 0.354 bits per heavy atom. The lowest BCUT2D eigenvalue weighted by molar-refractivity contribution is 0.459. The van der Waals surface area contributed by atoms with Crippen LogP contribution in [0.5, 0.6) is 23.0 Å². The van der Waals surface area contributed by atoms with Gasteiger partial charge in [0.05, 0.1) is 0 Å². The van der Waals surface area contributed by atoms with Gasteiger partial charge >= 0.3 is 0 Å². The maximum absolute atomic E-state index is 6.91. The fraction of sp³-hybridized carbons (Fsp3) is 0.0690. The van der Waals surface area contributed by atoms with Gasteiger partial charge in [0, 0.05) is 73.3 Å². The molecular formula is C58H41BN2O4. The Morgan fingerprint density at radius 3 is 1.06 bits per heavy atom. The van der Waals surface area contributed by atoms with Crippen molar-refractivity contribution >= 4 is 101 Å². The van der Waals surface area contributed by atoms with E-state index in [0.29, 0.717) is 0 Å². The Hall–Kier alpha value is -8.16. The Balaban J connectivity index is 0.937. The zero-order chi connectivity index (χ0) is 43.5. The number of hydrogen-bond acceptors (Lipinski definition) is 6. The van der Waals surface area contributed by atoms with Crippen LogP contribution in [0.15, 0.2) is 185 Å². The first-order valence-electron chi connectivity index (χ1n) is 22.2. The van der Waals surface area contributed by atoms with Gasteiger partial charge in [0.15, 0.2) is 22.7 Å². The number of aryl methyl sites for hydroxylation is 4. The number of rotatable bonds is 6. The van der Waals surface area contributed by atoms with Crippen molar-refractivity contribution in [3.63, 3.8) is 0 Å². The molecule has 13 rings (SSSR count). The summed E-state index contributed by atoms with van der Waals surface area (Å²) in [5.74, 6) is 2.95. The van der Waals surface area contributed by atoms with Gasteiger partial charge in [-0.2, -0.15) is 0 Å². The molecule has 0 unspecified atom stereocenters. The Bertz CT molecular complexity index is 3370. The molecule has 11 aromatic rings. The smallest absolute Gasteiger partial charge is 0.261 e. The van der Waals surface area contributed by atoms with Crippen LogP contribution < -0.4 is 35.7 Å². The largest absolute Gasteiger partial charge is 0.454 e. The van der Waals surface area contributed by atoms with E-state index in [-0.39, 0.29) is 6.71 Å². The van der Waals surface area contributed by atoms with Gasteiger partial charge in [-0.3, -0.25) is 0 Å². The summed E-state index contributed by atoms with van der Waals surface area (Å²) in [6, 6.07) is 62.4. The normalized spacial score (nSPS) is 12.5. The monoisotopic (exact) mass is 840 g/mol. The van der Waals surface area contributed by atoms with Crippen LogP contribution in [-0.4, -0.2) is 6.71 Å². The van der Waals surface area contributed by atoms with Crippen LogP contribution in [0, 0.1) is 27.7 Å². The van der Waals surface area contributed by atoms with E-state index in [1.54, 1.807) is 0 Å². The van der Waals surface area contributed by atoms with E-state index in [0.717, 1.165) is 117 Å². The molecule has 2 aromatic heterocycles. The molecule has 0 saturated carbocycles. The van der Waals surface area contributed by atoms with Crippen molar-refractivity contribution in [1.82, 2.24) is 0 Å². The third-order valence-electron chi connectivity index (χ3n) is 13.3. The van der Waals surface area contributed by atoms with Gasteiger partial charge in [0.1, 0.15) is 22.7 Å². The van der Waals surface area contributed by atoms with E-state index in [1.165, 1.54) is 22.3 Å². The molecule has 0 amide bonds. The number of fused-ring (bicyclic) bond motifs is 12. The van der Waals surface area contributed by atoms with Gasteiger partial charge in [-0.1, -0.05) is 101 Å². The number of hydrogen-bond donors (Lipinski definition) is 0. The van der Waals surface area contributed by atoms with Crippen LogP contribution in [0.4, 0.5) is 34.1 Å². The molecule has 2 aliphatic rings. The highest BCUT2D eigenvalue weighted by Gasteiger charge is 2.42. The molecule has 310 valence electrons. The molecule has 0 atom stereocenters. The van der Waals surface area contributed by atoms with E-state index < -0.39 is 0 Å². The molecule has 7 heteroatoms. The molecule has 0 fully saturated rings. The molecule has 0 saturated heterocycles. The molecule has 0 radical (unpaired) electrons. The van der Waals surface area contributed by atoms with Gasteiger partial charge in [-0.25, -0.2) is 0 Å².